The average Bonchev–Trinajstić information content (AvgIpc) is 3.61. The van der Waals surface area contributed by atoms with E-state index in [4.69, 9.17) is 9.05 Å². The Morgan fingerprint density at radius 1 is 0.735 bits per heavy atom. The Bertz CT molecular complexity index is 946. The highest BCUT2D eigenvalue weighted by Gasteiger charge is 2.39. The average molecular weight is 463 g/mol. The smallest absolute Gasteiger partial charge is 0.209 e. The van der Waals surface area contributed by atoms with Crippen molar-refractivity contribution in [3.8, 4) is 11.8 Å². The van der Waals surface area contributed by atoms with Crippen molar-refractivity contribution < 1.29 is 9.05 Å². The number of piperidine rings is 4. The van der Waals surface area contributed by atoms with Gasteiger partial charge in [-0.2, -0.15) is 0 Å². The van der Waals surface area contributed by atoms with E-state index < -0.39 is 0 Å². The third kappa shape index (κ3) is 5.31. The highest BCUT2D eigenvalue weighted by Crippen LogP contribution is 2.38. The van der Waals surface area contributed by atoms with Crippen molar-refractivity contribution in [2.45, 2.75) is 88.1 Å². The quantitative estimate of drug-likeness (QED) is 0.547. The van der Waals surface area contributed by atoms with Crippen molar-refractivity contribution in [2.24, 2.45) is 0 Å². The molecule has 6 heterocycles. The third-order valence-corrected chi connectivity index (χ3v) is 8.22. The first-order chi connectivity index (χ1) is 16.8. The van der Waals surface area contributed by atoms with Crippen LogP contribution in [0.15, 0.2) is 39.6 Å². The molecule has 6 rings (SSSR count). The molecule has 0 amide bonds. The normalized spacial score (nSPS) is 24.2. The summed E-state index contributed by atoms with van der Waals surface area (Å²) in [6.45, 7) is 4.96. The summed E-state index contributed by atoms with van der Waals surface area (Å²) >= 11 is 0. The van der Waals surface area contributed by atoms with Gasteiger partial charge < -0.3 is 9.05 Å². The Morgan fingerprint density at radius 2 is 1.35 bits per heavy atom. The fourth-order valence-electron chi connectivity index (χ4n) is 6.37. The summed E-state index contributed by atoms with van der Waals surface area (Å²) in [7, 11) is 0. The lowest BCUT2D eigenvalue weighted by atomic mass is 9.79. The highest BCUT2D eigenvalue weighted by molar-refractivity contribution is 5.44. The number of hydrogen-bond donors (Lipinski definition) is 0. The van der Waals surface area contributed by atoms with Crippen LogP contribution in [0.5, 0.6) is 0 Å². The molecule has 0 spiro atoms. The Morgan fingerprint density at radius 3 is 1.97 bits per heavy atom. The summed E-state index contributed by atoms with van der Waals surface area (Å²) in [6.07, 6.45) is 23.6. The molecule has 4 aliphatic rings. The molecule has 0 atom stereocenters. The minimum Gasteiger partial charge on any atom is -0.357 e. The minimum atomic E-state index is 0.128. The molecule has 182 valence electrons. The fraction of sp³-hybridized carbons (Fsp3) is 0.643. The monoisotopic (exact) mass is 462 g/mol. The van der Waals surface area contributed by atoms with E-state index >= 15 is 0 Å². The lowest BCUT2D eigenvalue weighted by Gasteiger charge is -2.48. The molecule has 0 unspecified atom stereocenters. The maximum Gasteiger partial charge on any atom is 0.209 e. The van der Waals surface area contributed by atoms with Gasteiger partial charge in [0.1, 0.15) is 0 Å². The summed E-state index contributed by atoms with van der Waals surface area (Å²) < 4.78 is 10.2. The fourth-order valence-corrected chi connectivity index (χ4v) is 6.37. The van der Waals surface area contributed by atoms with Crippen molar-refractivity contribution in [1.29, 1.82) is 0 Å². The first kappa shape index (κ1) is 23.4. The van der Waals surface area contributed by atoms with E-state index in [1.165, 1.54) is 103 Å². The zero-order valence-electron chi connectivity index (χ0n) is 20.4. The van der Waals surface area contributed by atoms with E-state index in [0.29, 0.717) is 11.3 Å². The molecule has 0 aromatic carbocycles. The van der Waals surface area contributed by atoms with E-state index in [9.17, 15) is 0 Å². The highest BCUT2D eigenvalue weighted by atomic mass is 16.5. The van der Waals surface area contributed by atoms with Crippen molar-refractivity contribution in [3.05, 3.63) is 42.1 Å². The van der Waals surface area contributed by atoms with Crippen LogP contribution in [0, 0.1) is 11.8 Å². The number of rotatable bonds is 2. The van der Waals surface area contributed by atoms with Gasteiger partial charge in [0.2, 0.25) is 5.76 Å². The third-order valence-electron chi connectivity index (χ3n) is 8.22. The van der Waals surface area contributed by atoms with Crippen LogP contribution >= 0.6 is 0 Å². The van der Waals surface area contributed by atoms with Gasteiger partial charge in [-0.25, -0.2) is 0 Å². The SMILES string of the molecule is C(#CC12CCCCN1CCCC2)c1ccno1.C(=CC12CCCCN1CCCC2)c1ccno1. The Labute approximate surface area is 203 Å². The van der Waals surface area contributed by atoms with E-state index in [2.05, 4.69) is 44.1 Å². The van der Waals surface area contributed by atoms with Gasteiger partial charge in [-0.3, -0.25) is 9.80 Å². The van der Waals surface area contributed by atoms with Crippen LogP contribution in [-0.2, 0) is 0 Å². The van der Waals surface area contributed by atoms with E-state index in [-0.39, 0.29) is 5.54 Å². The molecular weight excluding hydrogens is 424 g/mol. The topological polar surface area (TPSA) is 58.5 Å². The number of aromatic nitrogens is 2. The Balaban J connectivity index is 0.000000142. The summed E-state index contributed by atoms with van der Waals surface area (Å²) in [6, 6.07) is 3.75. The lowest BCUT2D eigenvalue weighted by Crippen LogP contribution is -2.53. The van der Waals surface area contributed by atoms with Gasteiger partial charge in [-0.05, 0) is 102 Å². The molecule has 2 aromatic heterocycles. The van der Waals surface area contributed by atoms with Gasteiger partial charge in [0.05, 0.1) is 17.9 Å². The van der Waals surface area contributed by atoms with Crippen LogP contribution in [0.25, 0.3) is 6.08 Å². The molecule has 4 fully saturated rings. The molecule has 0 saturated carbocycles. The summed E-state index contributed by atoms with van der Waals surface area (Å²) in [4.78, 5) is 5.26. The number of hydrogen-bond acceptors (Lipinski definition) is 6. The zero-order valence-corrected chi connectivity index (χ0v) is 20.4. The molecule has 0 bridgehead atoms. The Kier molecular flexibility index (Phi) is 7.51. The Hall–Kier alpha value is -2.36. The molecule has 0 aliphatic carbocycles. The summed E-state index contributed by atoms with van der Waals surface area (Å²) in [5.74, 6) is 8.21. The first-order valence-corrected chi connectivity index (χ1v) is 13.3. The molecule has 6 nitrogen and oxygen atoms in total. The molecule has 2 aromatic rings. The first-order valence-electron chi connectivity index (χ1n) is 13.3. The second-order valence-corrected chi connectivity index (χ2v) is 10.3. The van der Waals surface area contributed by atoms with Crippen LogP contribution in [0.3, 0.4) is 0 Å². The predicted molar refractivity (Wildman–Crippen MR) is 133 cm³/mol. The van der Waals surface area contributed by atoms with Gasteiger partial charge >= 0.3 is 0 Å². The van der Waals surface area contributed by atoms with E-state index in [1.54, 1.807) is 12.4 Å². The molecule has 0 N–H and O–H groups in total. The van der Waals surface area contributed by atoms with Gasteiger partial charge in [-0.1, -0.05) is 35.2 Å². The number of nitrogens with zero attached hydrogens (tertiary/aromatic N) is 4. The van der Waals surface area contributed by atoms with Gasteiger partial charge in [0.25, 0.3) is 0 Å². The van der Waals surface area contributed by atoms with Gasteiger partial charge in [0, 0.05) is 17.7 Å². The van der Waals surface area contributed by atoms with E-state index in [0.717, 1.165) is 5.76 Å². The minimum absolute atomic E-state index is 0.128. The van der Waals surface area contributed by atoms with Crippen LogP contribution in [0.2, 0.25) is 0 Å². The maximum absolute atomic E-state index is 5.15. The summed E-state index contributed by atoms with van der Waals surface area (Å²) in [5, 5.41) is 7.44. The van der Waals surface area contributed by atoms with Crippen molar-refractivity contribution in [2.75, 3.05) is 26.2 Å². The standard InChI is InChI=1S/C14H20N2O.C14H18N2O/c2*1-3-11-16-12-4-2-8-14(16,7-1)9-5-13-6-10-15-17-13/h5-6,9-10H,1-4,7-8,11-12H2;6,10H,1-4,7-8,11-12H2. The van der Waals surface area contributed by atoms with Crippen molar-refractivity contribution in [1.82, 2.24) is 20.1 Å². The summed E-state index contributed by atoms with van der Waals surface area (Å²) in [5.41, 5.74) is 0.437. The lowest BCUT2D eigenvalue weighted by molar-refractivity contribution is 0.0499. The predicted octanol–water partition coefficient (Wildman–Crippen LogP) is 5.53. The second kappa shape index (κ2) is 10.9. The molecule has 4 saturated heterocycles. The molecular formula is C28H38N4O2. The maximum atomic E-state index is 5.15. The molecule has 34 heavy (non-hydrogen) atoms. The van der Waals surface area contributed by atoms with Crippen molar-refractivity contribution >= 4 is 6.08 Å². The van der Waals surface area contributed by atoms with E-state index in [1.807, 2.05) is 12.1 Å². The zero-order chi connectivity index (χ0) is 23.1. The molecule has 0 radical (unpaired) electrons. The van der Waals surface area contributed by atoms with Gasteiger partial charge in [-0.15, -0.1) is 0 Å². The van der Waals surface area contributed by atoms with Crippen LogP contribution < -0.4 is 0 Å². The molecule has 6 heteroatoms. The van der Waals surface area contributed by atoms with Crippen molar-refractivity contribution in [3.63, 3.8) is 0 Å². The van der Waals surface area contributed by atoms with Crippen LogP contribution in [-0.4, -0.2) is 57.4 Å². The number of fused-ring (bicyclic) bond motifs is 2. The largest absolute Gasteiger partial charge is 0.357 e. The molecule has 4 aliphatic heterocycles. The van der Waals surface area contributed by atoms with Gasteiger partial charge in [0.15, 0.2) is 5.76 Å². The van der Waals surface area contributed by atoms with Crippen LogP contribution in [0.1, 0.15) is 88.6 Å². The van der Waals surface area contributed by atoms with Crippen LogP contribution in [0.4, 0.5) is 0 Å². The second-order valence-electron chi connectivity index (χ2n) is 10.3.